The number of aromatic nitrogens is 3. The quantitative estimate of drug-likeness (QED) is 0.192. The fourth-order valence-corrected chi connectivity index (χ4v) is 4.11. The summed E-state index contributed by atoms with van der Waals surface area (Å²) >= 11 is 7.45. The Hall–Kier alpha value is -2.91. The van der Waals surface area contributed by atoms with Gasteiger partial charge in [-0.1, -0.05) is 41.6 Å². The fraction of sp³-hybridized carbons (Fsp3) is 0.348. The van der Waals surface area contributed by atoms with Crippen molar-refractivity contribution in [1.82, 2.24) is 20.1 Å². The molecule has 174 valence electrons. The molecule has 33 heavy (non-hydrogen) atoms. The van der Waals surface area contributed by atoms with Crippen LogP contribution in [0.3, 0.4) is 0 Å². The van der Waals surface area contributed by atoms with E-state index in [1.54, 1.807) is 26.0 Å². The lowest BCUT2D eigenvalue weighted by molar-refractivity contribution is -0.384. The molecule has 0 spiro atoms. The number of halogens is 1. The number of carbonyl (C=O) groups excluding carboxylic acids is 1. The number of rotatable bonds is 9. The summed E-state index contributed by atoms with van der Waals surface area (Å²) in [6, 6.07) is 13.9. The zero-order valence-electron chi connectivity index (χ0n) is 18.9. The Balaban J connectivity index is 1.95. The van der Waals surface area contributed by atoms with Crippen LogP contribution < -0.4 is 5.32 Å². The second-order valence-electron chi connectivity index (χ2n) is 8.44. The van der Waals surface area contributed by atoms with E-state index >= 15 is 0 Å². The number of hydrogen-bond donors (Lipinski definition) is 1. The molecule has 1 unspecified atom stereocenters. The van der Waals surface area contributed by atoms with Crippen LogP contribution in [-0.4, -0.2) is 31.5 Å². The van der Waals surface area contributed by atoms with Gasteiger partial charge in [-0.3, -0.25) is 19.5 Å². The minimum absolute atomic E-state index is 0.00690. The Bertz CT molecular complexity index is 1150. The van der Waals surface area contributed by atoms with Crippen LogP contribution >= 0.6 is 23.4 Å². The van der Waals surface area contributed by atoms with Crippen LogP contribution in [-0.2, 0) is 10.5 Å². The number of thioether (sulfide) groups is 1. The SMILES string of the molecule is Cc1cccc(CSc2nnc(C(C)NC(=O)C(C)(C)CCl)n2-c2ccc([N+](=O)[O-])cc2)c1. The first kappa shape index (κ1) is 24.7. The number of nitrogens with zero attached hydrogens (tertiary/aromatic N) is 4. The number of nitro groups is 1. The van der Waals surface area contributed by atoms with Crippen molar-refractivity contribution in [1.29, 1.82) is 0 Å². The van der Waals surface area contributed by atoms with Gasteiger partial charge in [0.05, 0.1) is 16.4 Å². The number of nitrogens with one attached hydrogen (secondary N) is 1. The van der Waals surface area contributed by atoms with Gasteiger partial charge in [0.2, 0.25) is 5.91 Å². The van der Waals surface area contributed by atoms with E-state index in [0.29, 0.717) is 22.4 Å². The van der Waals surface area contributed by atoms with Crippen LogP contribution in [0.1, 0.15) is 43.8 Å². The summed E-state index contributed by atoms with van der Waals surface area (Å²) in [5.74, 6) is 1.18. The first-order valence-corrected chi connectivity index (χ1v) is 11.9. The second-order valence-corrected chi connectivity index (χ2v) is 9.65. The molecule has 8 nitrogen and oxygen atoms in total. The minimum Gasteiger partial charge on any atom is -0.346 e. The maximum atomic E-state index is 12.7. The van der Waals surface area contributed by atoms with Gasteiger partial charge < -0.3 is 5.32 Å². The molecule has 1 aromatic heterocycles. The lowest BCUT2D eigenvalue weighted by atomic mass is 9.95. The second kappa shape index (κ2) is 10.4. The average molecular weight is 488 g/mol. The van der Waals surface area contributed by atoms with Crippen molar-refractivity contribution in [3.8, 4) is 5.69 Å². The highest BCUT2D eigenvalue weighted by molar-refractivity contribution is 7.98. The maximum Gasteiger partial charge on any atom is 0.269 e. The molecule has 0 fully saturated rings. The average Bonchev–Trinajstić information content (AvgIpc) is 3.21. The van der Waals surface area contributed by atoms with E-state index in [-0.39, 0.29) is 17.5 Å². The van der Waals surface area contributed by atoms with E-state index < -0.39 is 16.4 Å². The Kier molecular flexibility index (Phi) is 7.76. The molecule has 10 heteroatoms. The molecule has 1 heterocycles. The van der Waals surface area contributed by atoms with E-state index in [1.165, 1.54) is 29.5 Å². The minimum atomic E-state index is -0.739. The number of non-ortho nitro benzene ring substituents is 1. The van der Waals surface area contributed by atoms with E-state index in [0.717, 1.165) is 5.56 Å². The predicted molar refractivity (Wildman–Crippen MR) is 130 cm³/mol. The van der Waals surface area contributed by atoms with E-state index in [9.17, 15) is 14.9 Å². The molecule has 1 amide bonds. The predicted octanol–water partition coefficient (Wildman–Crippen LogP) is 5.22. The standard InChI is InChI=1S/C23H26ClN5O3S/c1-15-6-5-7-17(12-15)13-33-22-27-26-20(16(2)25-21(30)23(3,4)14-24)28(22)18-8-10-19(11-9-18)29(31)32/h5-12,16H,13-14H2,1-4H3,(H,25,30). The molecule has 1 N–H and O–H groups in total. The summed E-state index contributed by atoms with van der Waals surface area (Å²) in [6.07, 6.45) is 0. The summed E-state index contributed by atoms with van der Waals surface area (Å²) in [5.41, 5.74) is 2.24. The molecule has 0 bridgehead atoms. The smallest absolute Gasteiger partial charge is 0.269 e. The molecule has 0 aliphatic carbocycles. The lowest BCUT2D eigenvalue weighted by Crippen LogP contribution is -2.40. The van der Waals surface area contributed by atoms with Gasteiger partial charge in [0.15, 0.2) is 11.0 Å². The molecule has 2 aromatic carbocycles. The third kappa shape index (κ3) is 5.91. The van der Waals surface area contributed by atoms with Crippen molar-refractivity contribution in [3.05, 3.63) is 75.6 Å². The molecular formula is C23H26ClN5O3S. The summed E-state index contributed by atoms with van der Waals surface area (Å²) in [4.78, 5) is 23.3. The topological polar surface area (TPSA) is 103 Å². The van der Waals surface area contributed by atoms with Gasteiger partial charge in [-0.25, -0.2) is 0 Å². The third-order valence-electron chi connectivity index (χ3n) is 5.11. The number of hydrogen-bond acceptors (Lipinski definition) is 6. The number of benzene rings is 2. The summed E-state index contributed by atoms with van der Waals surface area (Å²) in [5, 5.41) is 23.4. The summed E-state index contributed by atoms with van der Waals surface area (Å²) in [6.45, 7) is 7.40. The summed E-state index contributed by atoms with van der Waals surface area (Å²) in [7, 11) is 0. The number of alkyl halides is 1. The van der Waals surface area contributed by atoms with E-state index in [4.69, 9.17) is 11.6 Å². The first-order valence-electron chi connectivity index (χ1n) is 10.4. The van der Waals surface area contributed by atoms with Gasteiger partial charge in [0, 0.05) is 29.5 Å². The van der Waals surface area contributed by atoms with Crippen molar-refractivity contribution < 1.29 is 9.72 Å². The van der Waals surface area contributed by atoms with Crippen LogP contribution in [0.4, 0.5) is 5.69 Å². The number of aryl methyl sites for hydroxylation is 1. The largest absolute Gasteiger partial charge is 0.346 e. The van der Waals surface area contributed by atoms with Gasteiger partial charge >= 0.3 is 0 Å². The monoisotopic (exact) mass is 487 g/mol. The van der Waals surface area contributed by atoms with Crippen LogP contribution in [0.5, 0.6) is 0 Å². The van der Waals surface area contributed by atoms with Crippen LogP contribution in [0.2, 0.25) is 0 Å². The lowest BCUT2D eigenvalue weighted by Gasteiger charge is -2.23. The van der Waals surface area contributed by atoms with Crippen LogP contribution in [0, 0.1) is 22.5 Å². The van der Waals surface area contributed by atoms with E-state index in [1.807, 2.05) is 36.6 Å². The Morgan fingerprint density at radius 3 is 2.55 bits per heavy atom. The molecule has 0 saturated carbocycles. The summed E-state index contributed by atoms with van der Waals surface area (Å²) < 4.78 is 1.82. The Labute approximate surface area is 201 Å². The Morgan fingerprint density at radius 2 is 1.94 bits per heavy atom. The van der Waals surface area contributed by atoms with Crippen LogP contribution in [0.25, 0.3) is 5.69 Å². The van der Waals surface area contributed by atoms with Gasteiger partial charge in [0.1, 0.15) is 0 Å². The highest BCUT2D eigenvalue weighted by Crippen LogP contribution is 2.29. The number of carbonyl (C=O) groups is 1. The van der Waals surface area contributed by atoms with Crippen LogP contribution in [0.15, 0.2) is 53.7 Å². The highest BCUT2D eigenvalue weighted by Gasteiger charge is 2.29. The van der Waals surface area contributed by atoms with Gasteiger partial charge in [-0.2, -0.15) is 0 Å². The zero-order valence-corrected chi connectivity index (χ0v) is 20.5. The molecule has 0 saturated heterocycles. The van der Waals surface area contributed by atoms with Crippen molar-refractivity contribution >= 4 is 35.0 Å². The molecule has 1 atom stereocenters. The van der Waals surface area contributed by atoms with Crippen molar-refractivity contribution in [2.75, 3.05) is 5.88 Å². The van der Waals surface area contributed by atoms with Gasteiger partial charge in [0.25, 0.3) is 5.69 Å². The Morgan fingerprint density at radius 1 is 1.24 bits per heavy atom. The number of amides is 1. The third-order valence-corrected chi connectivity index (χ3v) is 6.78. The van der Waals surface area contributed by atoms with Crippen molar-refractivity contribution in [2.24, 2.45) is 5.41 Å². The van der Waals surface area contributed by atoms with Crippen molar-refractivity contribution in [2.45, 2.75) is 44.6 Å². The van der Waals surface area contributed by atoms with E-state index in [2.05, 4.69) is 21.6 Å². The molecule has 0 aliphatic rings. The zero-order chi connectivity index (χ0) is 24.2. The molecule has 0 aliphatic heterocycles. The molecule has 3 aromatic rings. The molecular weight excluding hydrogens is 462 g/mol. The van der Waals surface area contributed by atoms with Gasteiger partial charge in [-0.05, 0) is 45.4 Å². The molecule has 3 rings (SSSR count). The normalized spacial score (nSPS) is 12.4. The highest BCUT2D eigenvalue weighted by atomic mass is 35.5. The maximum absolute atomic E-state index is 12.7. The first-order chi connectivity index (χ1) is 15.6. The van der Waals surface area contributed by atoms with Crippen molar-refractivity contribution in [3.63, 3.8) is 0 Å². The number of nitro benzene ring substituents is 1. The molecule has 0 radical (unpaired) electrons. The fourth-order valence-electron chi connectivity index (χ4n) is 3.09. The van der Waals surface area contributed by atoms with Gasteiger partial charge in [-0.15, -0.1) is 21.8 Å².